The highest BCUT2D eigenvalue weighted by Crippen LogP contribution is 2.31. The van der Waals surface area contributed by atoms with Gasteiger partial charge in [-0.1, -0.05) is 31.5 Å². The van der Waals surface area contributed by atoms with E-state index in [1.54, 1.807) is 7.11 Å². The SMILES string of the molecule is CCCNC(N)=NCC(c1ccccc1OC)N1CCCCC1.I. The minimum atomic E-state index is 0. The van der Waals surface area contributed by atoms with Crippen LogP contribution in [0.5, 0.6) is 5.75 Å². The molecule has 1 unspecified atom stereocenters. The van der Waals surface area contributed by atoms with Crippen LogP contribution in [0.4, 0.5) is 0 Å². The van der Waals surface area contributed by atoms with Gasteiger partial charge in [0, 0.05) is 12.1 Å². The number of para-hydroxylation sites is 1. The Balaban J connectivity index is 0.00000288. The fourth-order valence-electron chi connectivity index (χ4n) is 3.08. The van der Waals surface area contributed by atoms with Crippen LogP contribution in [0.3, 0.4) is 0 Å². The van der Waals surface area contributed by atoms with Gasteiger partial charge in [-0.3, -0.25) is 9.89 Å². The Hall–Kier alpha value is -1.02. The molecule has 6 heteroatoms. The summed E-state index contributed by atoms with van der Waals surface area (Å²) < 4.78 is 5.57. The number of ether oxygens (including phenoxy) is 1. The Morgan fingerprint density at radius 1 is 1.29 bits per heavy atom. The molecule has 0 radical (unpaired) electrons. The average molecular weight is 446 g/mol. The van der Waals surface area contributed by atoms with Crippen molar-refractivity contribution >= 4 is 29.9 Å². The van der Waals surface area contributed by atoms with Crippen molar-refractivity contribution in [1.82, 2.24) is 10.2 Å². The number of halogens is 1. The van der Waals surface area contributed by atoms with E-state index in [1.807, 2.05) is 12.1 Å². The zero-order valence-corrected chi connectivity index (χ0v) is 17.2. The molecular formula is C18H31IN4O. The van der Waals surface area contributed by atoms with Crippen LogP contribution in [-0.2, 0) is 0 Å². The largest absolute Gasteiger partial charge is 0.496 e. The van der Waals surface area contributed by atoms with E-state index >= 15 is 0 Å². The molecule has 1 heterocycles. The molecule has 0 aromatic heterocycles. The number of nitrogens with two attached hydrogens (primary N) is 1. The summed E-state index contributed by atoms with van der Waals surface area (Å²) in [5.41, 5.74) is 7.17. The van der Waals surface area contributed by atoms with E-state index in [9.17, 15) is 0 Å². The molecule has 5 nitrogen and oxygen atoms in total. The highest BCUT2D eigenvalue weighted by atomic mass is 127. The third kappa shape index (κ3) is 6.12. The fourth-order valence-corrected chi connectivity index (χ4v) is 3.08. The van der Waals surface area contributed by atoms with Crippen molar-refractivity contribution in [3.8, 4) is 5.75 Å². The number of likely N-dealkylation sites (tertiary alicyclic amines) is 1. The topological polar surface area (TPSA) is 62.9 Å². The maximum Gasteiger partial charge on any atom is 0.188 e. The van der Waals surface area contributed by atoms with E-state index in [0.29, 0.717) is 12.5 Å². The summed E-state index contributed by atoms with van der Waals surface area (Å²) >= 11 is 0. The van der Waals surface area contributed by atoms with Gasteiger partial charge in [0.15, 0.2) is 5.96 Å². The van der Waals surface area contributed by atoms with Gasteiger partial charge in [-0.05, 0) is 38.4 Å². The minimum Gasteiger partial charge on any atom is -0.496 e. The molecule has 1 aliphatic heterocycles. The normalized spacial score (nSPS) is 17.0. The molecule has 1 saturated heterocycles. The van der Waals surface area contributed by atoms with E-state index in [0.717, 1.165) is 31.8 Å². The molecule has 2 rings (SSSR count). The molecule has 0 bridgehead atoms. The second-order valence-electron chi connectivity index (χ2n) is 6.01. The van der Waals surface area contributed by atoms with Crippen molar-refractivity contribution in [1.29, 1.82) is 0 Å². The number of guanidine groups is 1. The molecule has 1 aromatic rings. The summed E-state index contributed by atoms with van der Waals surface area (Å²) in [5.74, 6) is 1.46. The molecule has 0 amide bonds. The van der Waals surface area contributed by atoms with Gasteiger partial charge in [0.2, 0.25) is 0 Å². The van der Waals surface area contributed by atoms with Crippen molar-refractivity contribution in [2.75, 3.05) is 33.3 Å². The lowest BCUT2D eigenvalue weighted by molar-refractivity contribution is 0.165. The monoisotopic (exact) mass is 446 g/mol. The van der Waals surface area contributed by atoms with Gasteiger partial charge in [-0.15, -0.1) is 24.0 Å². The Morgan fingerprint density at radius 2 is 2.00 bits per heavy atom. The van der Waals surface area contributed by atoms with Gasteiger partial charge in [0.1, 0.15) is 5.75 Å². The Morgan fingerprint density at radius 3 is 2.67 bits per heavy atom. The van der Waals surface area contributed by atoms with E-state index in [2.05, 4.69) is 34.3 Å². The first-order valence-corrected chi connectivity index (χ1v) is 8.67. The predicted molar refractivity (Wildman–Crippen MR) is 111 cm³/mol. The van der Waals surface area contributed by atoms with Crippen LogP contribution in [0.2, 0.25) is 0 Å². The number of benzene rings is 1. The summed E-state index contributed by atoms with van der Waals surface area (Å²) in [5, 5.41) is 3.15. The fraction of sp³-hybridized carbons (Fsp3) is 0.611. The molecule has 1 aromatic carbocycles. The predicted octanol–water partition coefficient (Wildman–Crippen LogP) is 3.15. The molecule has 1 aliphatic rings. The van der Waals surface area contributed by atoms with Crippen molar-refractivity contribution < 1.29 is 4.74 Å². The lowest BCUT2D eigenvalue weighted by Crippen LogP contribution is -2.37. The van der Waals surface area contributed by atoms with Gasteiger partial charge in [-0.25, -0.2) is 0 Å². The molecule has 24 heavy (non-hydrogen) atoms. The summed E-state index contributed by atoms with van der Waals surface area (Å²) in [7, 11) is 1.73. The lowest BCUT2D eigenvalue weighted by atomic mass is 10.0. The van der Waals surface area contributed by atoms with Crippen molar-refractivity contribution in [3.63, 3.8) is 0 Å². The second kappa shape index (κ2) is 11.5. The second-order valence-corrected chi connectivity index (χ2v) is 6.01. The zero-order chi connectivity index (χ0) is 16.5. The number of piperidine rings is 1. The van der Waals surface area contributed by atoms with Gasteiger partial charge >= 0.3 is 0 Å². The third-order valence-electron chi connectivity index (χ3n) is 4.32. The number of nitrogens with zero attached hydrogens (tertiary/aromatic N) is 2. The first-order valence-electron chi connectivity index (χ1n) is 8.67. The first-order chi connectivity index (χ1) is 11.3. The Labute approximate surface area is 163 Å². The van der Waals surface area contributed by atoms with Crippen molar-refractivity contribution in [3.05, 3.63) is 29.8 Å². The minimum absolute atomic E-state index is 0. The summed E-state index contributed by atoms with van der Waals surface area (Å²) in [6, 6.07) is 8.46. The number of methoxy groups -OCH3 is 1. The summed E-state index contributed by atoms with van der Waals surface area (Å²) in [6.45, 7) is 5.86. The van der Waals surface area contributed by atoms with E-state index in [1.165, 1.54) is 24.8 Å². The smallest absolute Gasteiger partial charge is 0.188 e. The highest BCUT2D eigenvalue weighted by Gasteiger charge is 2.24. The van der Waals surface area contributed by atoms with Crippen molar-refractivity contribution in [2.24, 2.45) is 10.7 Å². The Kier molecular flexibility index (Phi) is 10.1. The van der Waals surface area contributed by atoms with Crippen molar-refractivity contribution in [2.45, 2.75) is 38.6 Å². The number of hydrogen-bond donors (Lipinski definition) is 2. The maximum atomic E-state index is 5.98. The molecular weight excluding hydrogens is 415 g/mol. The van der Waals surface area contributed by atoms with Gasteiger partial charge in [-0.2, -0.15) is 0 Å². The molecule has 136 valence electrons. The lowest BCUT2D eigenvalue weighted by Gasteiger charge is -2.34. The van der Waals surface area contributed by atoms with Crippen LogP contribution >= 0.6 is 24.0 Å². The molecule has 3 N–H and O–H groups in total. The van der Waals surface area contributed by atoms with E-state index in [-0.39, 0.29) is 30.0 Å². The number of hydrogen-bond acceptors (Lipinski definition) is 3. The summed E-state index contributed by atoms with van der Waals surface area (Å²) in [6.07, 6.45) is 4.86. The molecule has 0 saturated carbocycles. The van der Waals surface area contributed by atoms with Gasteiger partial charge in [0.25, 0.3) is 0 Å². The van der Waals surface area contributed by atoms with Crippen LogP contribution in [-0.4, -0.2) is 44.1 Å². The molecule has 1 atom stereocenters. The zero-order valence-electron chi connectivity index (χ0n) is 14.8. The van der Waals surface area contributed by atoms with Crippen LogP contribution in [0.1, 0.15) is 44.2 Å². The first kappa shape index (κ1) is 21.0. The van der Waals surface area contributed by atoms with Crippen LogP contribution in [0.25, 0.3) is 0 Å². The standard InChI is InChI=1S/C18H30N4O.HI/c1-3-11-20-18(19)21-14-16(22-12-7-4-8-13-22)15-9-5-6-10-17(15)23-2;/h5-6,9-10,16H,3-4,7-8,11-14H2,1-2H3,(H3,19,20,21);1H. The summed E-state index contributed by atoms with van der Waals surface area (Å²) in [4.78, 5) is 7.09. The number of nitrogens with one attached hydrogen (secondary N) is 1. The van der Waals surface area contributed by atoms with E-state index in [4.69, 9.17) is 10.5 Å². The quantitative estimate of drug-likeness (QED) is 0.384. The van der Waals surface area contributed by atoms with Crippen LogP contribution < -0.4 is 15.8 Å². The molecule has 1 fully saturated rings. The third-order valence-corrected chi connectivity index (χ3v) is 4.32. The number of aliphatic imine (C=N–C) groups is 1. The maximum absolute atomic E-state index is 5.98. The van der Waals surface area contributed by atoms with E-state index < -0.39 is 0 Å². The average Bonchev–Trinajstić information content (AvgIpc) is 2.61. The van der Waals surface area contributed by atoms with Crippen LogP contribution in [0, 0.1) is 0 Å². The highest BCUT2D eigenvalue weighted by molar-refractivity contribution is 14.0. The molecule has 0 aliphatic carbocycles. The van der Waals surface area contributed by atoms with Gasteiger partial charge in [0.05, 0.1) is 19.7 Å². The van der Waals surface area contributed by atoms with Crippen LogP contribution in [0.15, 0.2) is 29.3 Å². The van der Waals surface area contributed by atoms with Gasteiger partial charge < -0.3 is 15.8 Å². The Bertz CT molecular complexity index is 504. The molecule has 0 spiro atoms. The number of rotatable bonds is 7.